The summed E-state index contributed by atoms with van der Waals surface area (Å²) in [5, 5.41) is 0.850. The van der Waals surface area contributed by atoms with Crippen molar-refractivity contribution in [3.05, 3.63) is 104 Å². The maximum Gasteiger partial charge on any atom is 0.312 e. The lowest BCUT2D eigenvalue weighted by atomic mass is 9.85. The van der Waals surface area contributed by atoms with Crippen LogP contribution in [0.15, 0.2) is 65.2 Å². The predicted molar refractivity (Wildman–Crippen MR) is 134 cm³/mol. The third-order valence-corrected chi connectivity index (χ3v) is 6.84. The molecule has 1 N–H and O–H groups in total. The number of hydrogen-bond donors (Lipinski definition) is 1. The first kappa shape index (κ1) is 23.0. The number of allylic oxidation sites excluding steroid dienone is 1. The molecule has 2 aliphatic heterocycles. The van der Waals surface area contributed by atoms with E-state index in [-0.39, 0.29) is 39.8 Å². The number of ketones is 1. The lowest BCUT2D eigenvalue weighted by Gasteiger charge is -2.26. The monoisotopic (exact) mass is 517 g/mol. The van der Waals surface area contributed by atoms with E-state index in [1.54, 1.807) is 24.3 Å². The molecule has 1 aromatic heterocycles. The Balaban J connectivity index is 1.50. The summed E-state index contributed by atoms with van der Waals surface area (Å²) in [5.74, 6) is -1.56. The van der Waals surface area contributed by atoms with Gasteiger partial charge in [-0.2, -0.15) is 0 Å². The maximum absolute atomic E-state index is 14.4. The minimum atomic E-state index is -0.745. The summed E-state index contributed by atoms with van der Waals surface area (Å²) in [6.07, 6.45) is 1.11. The van der Waals surface area contributed by atoms with Gasteiger partial charge >= 0.3 is 5.97 Å². The standard InChI is InChI=1S/C28H17ClFNO6/c1-35-14-6-5-13-9-17(28(34)31-21(13)10-14)16-12-24(32)36-22-8-7-15-26(33)23(37-27(15)25(16)22)11-18-19(29)3-2-4-20(18)30/h2-11,16H,12H2,1H3,(H,31,34)/b23-11-/t16-/m1/s1. The van der Waals surface area contributed by atoms with Gasteiger partial charge in [0.25, 0.3) is 5.56 Å². The molecule has 6 rings (SSSR count). The first-order valence-electron chi connectivity index (χ1n) is 11.3. The normalized spacial score (nSPS) is 17.4. The molecule has 0 saturated carbocycles. The van der Waals surface area contributed by atoms with Crippen molar-refractivity contribution in [2.45, 2.75) is 12.3 Å². The molecule has 0 fully saturated rings. The highest BCUT2D eigenvalue weighted by Crippen LogP contribution is 2.48. The molecular weight excluding hydrogens is 501 g/mol. The summed E-state index contributed by atoms with van der Waals surface area (Å²) in [4.78, 5) is 41.7. The fourth-order valence-corrected chi connectivity index (χ4v) is 4.95. The van der Waals surface area contributed by atoms with Crippen molar-refractivity contribution >= 4 is 40.3 Å². The van der Waals surface area contributed by atoms with Crippen LogP contribution < -0.4 is 19.8 Å². The topological polar surface area (TPSA) is 94.7 Å². The van der Waals surface area contributed by atoms with Crippen LogP contribution in [0.2, 0.25) is 5.02 Å². The number of pyridine rings is 1. The summed E-state index contributed by atoms with van der Waals surface area (Å²) in [6.45, 7) is 0. The molecule has 0 unspecified atom stereocenters. The van der Waals surface area contributed by atoms with Gasteiger partial charge in [0.1, 0.15) is 23.1 Å². The molecular formula is C28H17ClFNO6. The number of aromatic amines is 1. The van der Waals surface area contributed by atoms with Gasteiger partial charge < -0.3 is 19.2 Å². The van der Waals surface area contributed by atoms with Crippen LogP contribution in [0.25, 0.3) is 17.0 Å². The molecule has 3 aromatic carbocycles. The van der Waals surface area contributed by atoms with Crippen LogP contribution in [0.1, 0.15) is 39.4 Å². The van der Waals surface area contributed by atoms with Crippen LogP contribution >= 0.6 is 11.6 Å². The molecule has 0 aliphatic carbocycles. The molecule has 4 aromatic rings. The number of carbonyl (C=O) groups excluding carboxylic acids is 2. The second-order valence-electron chi connectivity index (χ2n) is 8.67. The Morgan fingerprint density at radius 3 is 2.70 bits per heavy atom. The van der Waals surface area contributed by atoms with E-state index in [0.717, 1.165) is 5.39 Å². The summed E-state index contributed by atoms with van der Waals surface area (Å²) in [5.41, 5.74) is 1.10. The number of methoxy groups -OCH3 is 1. The number of H-pyrrole nitrogens is 1. The molecule has 3 heterocycles. The zero-order valence-corrected chi connectivity index (χ0v) is 20.0. The summed E-state index contributed by atoms with van der Waals surface area (Å²) < 4.78 is 31.0. The van der Waals surface area contributed by atoms with Gasteiger partial charge in [-0.15, -0.1) is 0 Å². The van der Waals surface area contributed by atoms with Gasteiger partial charge in [0.15, 0.2) is 5.76 Å². The van der Waals surface area contributed by atoms with Gasteiger partial charge in [-0.05, 0) is 53.9 Å². The highest BCUT2D eigenvalue weighted by molar-refractivity contribution is 6.32. The first-order chi connectivity index (χ1) is 17.8. The Hall–Kier alpha value is -4.43. The van der Waals surface area contributed by atoms with E-state index in [4.69, 9.17) is 25.8 Å². The number of halogens is 2. The minimum absolute atomic E-state index is 0.0126. The van der Waals surface area contributed by atoms with Crippen LogP contribution in [0.4, 0.5) is 4.39 Å². The van der Waals surface area contributed by atoms with Crippen molar-refractivity contribution in [3.8, 4) is 17.2 Å². The van der Waals surface area contributed by atoms with E-state index in [9.17, 15) is 18.8 Å². The van der Waals surface area contributed by atoms with Crippen LogP contribution in [0, 0.1) is 5.82 Å². The predicted octanol–water partition coefficient (Wildman–Crippen LogP) is 5.39. The average Bonchev–Trinajstić information content (AvgIpc) is 3.20. The van der Waals surface area contributed by atoms with E-state index >= 15 is 0 Å². The largest absolute Gasteiger partial charge is 0.497 e. The molecule has 0 radical (unpaired) electrons. The van der Waals surface area contributed by atoms with Crippen LogP contribution in [-0.2, 0) is 4.79 Å². The summed E-state index contributed by atoms with van der Waals surface area (Å²) in [7, 11) is 1.53. The fourth-order valence-electron chi connectivity index (χ4n) is 4.73. The lowest BCUT2D eigenvalue weighted by Crippen LogP contribution is -2.26. The maximum atomic E-state index is 14.4. The van der Waals surface area contributed by atoms with Crippen molar-refractivity contribution in [2.24, 2.45) is 0 Å². The number of fused-ring (bicyclic) bond motifs is 4. The van der Waals surface area contributed by atoms with Crippen molar-refractivity contribution in [3.63, 3.8) is 0 Å². The van der Waals surface area contributed by atoms with E-state index < -0.39 is 29.0 Å². The Morgan fingerprint density at radius 1 is 1.08 bits per heavy atom. The van der Waals surface area contributed by atoms with E-state index in [1.165, 1.54) is 43.5 Å². The summed E-state index contributed by atoms with van der Waals surface area (Å²) >= 11 is 6.13. The number of Topliss-reactive ketones (excluding diaryl/α,β-unsaturated/α-hetero) is 1. The molecule has 9 heteroatoms. The SMILES string of the molecule is COc1ccc2cc([C@H]3CC(=O)Oc4ccc5c(c43)O/C(=C\c3c(F)cccc3Cl)C5=O)c(=O)[nH]c2c1. The van der Waals surface area contributed by atoms with Crippen molar-refractivity contribution in [1.82, 2.24) is 4.98 Å². The summed E-state index contributed by atoms with van der Waals surface area (Å²) in [6, 6.07) is 14.1. The van der Waals surface area contributed by atoms with Crippen molar-refractivity contribution in [1.29, 1.82) is 0 Å². The van der Waals surface area contributed by atoms with E-state index in [2.05, 4.69) is 4.98 Å². The van der Waals surface area contributed by atoms with Gasteiger partial charge in [0, 0.05) is 28.7 Å². The Labute approximate surface area is 214 Å². The molecule has 7 nitrogen and oxygen atoms in total. The van der Waals surface area contributed by atoms with E-state index in [1.807, 2.05) is 0 Å². The van der Waals surface area contributed by atoms with Crippen molar-refractivity contribution < 1.29 is 28.2 Å². The lowest BCUT2D eigenvalue weighted by molar-refractivity contribution is -0.135. The smallest absolute Gasteiger partial charge is 0.312 e. The molecule has 37 heavy (non-hydrogen) atoms. The number of rotatable bonds is 3. The molecule has 2 aliphatic rings. The quantitative estimate of drug-likeness (QED) is 0.222. The van der Waals surface area contributed by atoms with Gasteiger partial charge in [0.2, 0.25) is 5.78 Å². The molecule has 0 saturated heterocycles. The highest BCUT2D eigenvalue weighted by Gasteiger charge is 2.39. The number of nitrogens with one attached hydrogen (secondary N) is 1. The van der Waals surface area contributed by atoms with Gasteiger partial charge in [-0.1, -0.05) is 17.7 Å². The van der Waals surface area contributed by atoms with Crippen LogP contribution in [0.5, 0.6) is 17.2 Å². The van der Waals surface area contributed by atoms with Gasteiger partial charge in [0.05, 0.1) is 29.6 Å². The van der Waals surface area contributed by atoms with Crippen LogP contribution in [-0.4, -0.2) is 23.8 Å². The first-order valence-corrected chi connectivity index (χ1v) is 11.7. The zero-order chi connectivity index (χ0) is 25.8. The van der Waals surface area contributed by atoms with Gasteiger partial charge in [-0.3, -0.25) is 14.4 Å². The number of hydrogen-bond acceptors (Lipinski definition) is 6. The second kappa shape index (κ2) is 8.60. The number of ether oxygens (including phenoxy) is 3. The zero-order valence-electron chi connectivity index (χ0n) is 19.3. The molecule has 0 bridgehead atoms. The molecule has 0 amide bonds. The van der Waals surface area contributed by atoms with Gasteiger partial charge in [-0.25, -0.2) is 4.39 Å². The second-order valence-corrected chi connectivity index (χ2v) is 9.07. The third kappa shape index (κ3) is 3.77. The molecule has 0 spiro atoms. The fraction of sp³-hybridized carbons (Fsp3) is 0.107. The number of carbonyl (C=O) groups is 2. The number of benzene rings is 3. The Kier molecular flexibility index (Phi) is 5.35. The Morgan fingerprint density at radius 2 is 1.92 bits per heavy atom. The highest BCUT2D eigenvalue weighted by atomic mass is 35.5. The molecule has 1 atom stereocenters. The number of aromatic nitrogens is 1. The van der Waals surface area contributed by atoms with Crippen molar-refractivity contribution in [2.75, 3.05) is 7.11 Å². The Bertz CT molecular complexity index is 1720. The molecule has 184 valence electrons. The van der Waals surface area contributed by atoms with E-state index in [0.29, 0.717) is 22.4 Å². The average molecular weight is 518 g/mol. The van der Waals surface area contributed by atoms with Crippen LogP contribution in [0.3, 0.4) is 0 Å². The number of esters is 1. The third-order valence-electron chi connectivity index (χ3n) is 6.51. The minimum Gasteiger partial charge on any atom is -0.497 e.